The van der Waals surface area contributed by atoms with Gasteiger partial charge in [-0.1, -0.05) is 0 Å². The van der Waals surface area contributed by atoms with Crippen molar-refractivity contribution < 1.29 is 14.0 Å². The molecule has 0 N–H and O–H groups in total. The molecule has 0 aromatic heterocycles. The molecule has 2 rings (SSSR count). The van der Waals surface area contributed by atoms with Crippen LogP contribution in [0.25, 0.3) is 0 Å². The second-order valence-corrected chi connectivity index (χ2v) is 4.16. The summed E-state index contributed by atoms with van der Waals surface area (Å²) in [6, 6.07) is 0. The maximum absolute atomic E-state index is 5.76. The molecule has 0 amide bonds. The molecule has 2 bridgehead atoms. The van der Waals surface area contributed by atoms with Crippen molar-refractivity contribution in [3.63, 3.8) is 0 Å². The van der Waals surface area contributed by atoms with Gasteiger partial charge in [0.05, 0.1) is 5.76 Å². The second kappa shape index (κ2) is 5.04. The maximum atomic E-state index is 5.76. The van der Waals surface area contributed by atoms with E-state index in [1.54, 1.807) is 0 Å². The van der Waals surface area contributed by atoms with Crippen LogP contribution in [0.2, 0.25) is 0 Å². The predicted molar refractivity (Wildman–Crippen MR) is 59.1 cm³/mol. The second-order valence-electron chi connectivity index (χ2n) is 4.16. The molecular weight excluding hydrogens is 191 g/mol. The van der Waals surface area contributed by atoms with Crippen molar-refractivity contribution in [1.29, 1.82) is 0 Å². The number of fused-ring (bicyclic) bond motifs is 2. The van der Waals surface area contributed by atoms with E-state index in [0.717, 1.165) is 18.1 Å². The fourth-order valence-electron chi connectivity index (χ4n) is 2.40. The van der Waals surface area contributed by atoms with E-state index >= 15 is 0 Å². The Balaban J connectivity index is 1.88. The first kappa shape index (κ1) is 11.0. The summed E-state index contributed by atoms with van der Waals surface area (Å²) in [6.07, 6.45) is 4.88. The minimum atomic E-state index is -0.498. The molecule has 1 fully saturated rings. The normalized spacial score (nSPS) is 23.7. The zero-order valence-electron chi connectivity index (χ0n) is 9.62. The van der Waals surface area contributed by atoms with Gasteiger partial charge in [-0.2, -0.15) is 0 Å². The van der Waals surface area contributed by atoms with Crippen LogP contribution in [0.4, 0.5) is 0 Å². The largest absolute Gasteiger partial charge is 0.712 e. The maximum Gasteiger partial charge on any atom is 0.712 e. The molecule has 1 atom stereocenters. The van der Waals surface area contributed by atoms with Gasteiger partial charge in [-0.25, -0.2) is 0 Å². The third-order valence-electron chi connectivity index (χ3n) is 3.10. The molecule has 0 aromatic carbocycles. The van der Waals surface area contributed by atoms with Crippen molar-refractivity contribution in [2.24, 2.45) is 5.92 Å². The molecule has 0 spiro atoms. The van der Waals surface area contributed by atoms with Gasteiger partial charge in [0.1, 0.15) is 0 Å². The average molecular weight is 210 g/mol. The summed E-state index contributed by atoms with van der Waals surface area (Å²) < 4.78 is 16.5. The first-order valence-electron chi connectivity index (χ1n) is 5.94. The smallest absolute Gasteiger partial charge is 0.515 e. The average Bonchev–Trinajstić information content (AvgIpc) is 2.80. The highest BCUT2D eigenvalue weighted by molar-refractivity contribution is 6.36. The zero-order valence-corrected chi connectivity index (χ0v) is 9.62. The van der Waals surface area contributed by atoms with Crippen LogP contribution in [-0.4, -0.2) is 20.5 Å². The van der Waals surface area contributed by atoms with Crippen LogP contribution in [0.3, 0.4) is 0 Å². The van der Waals surface area contributed by atoms with Gasteiger partial charge in [0.15, 0.2) is 0 Å². The Labute approximate surface area is 92.0 Å². The van der Waals surface area contributed by atoms with Crippen molar-refractivity contribution in [3.8, 4) is 0 Å². The zero-order chi connectivity index (χ0) is 10.7. The van der Waals surface area contributed by atoms with Crippen molar-refractivity contribution in [2.75, 3.05) is 13.2 Å². The van der Waals surface area contributed by atoms with Gasteiger partial charge >= 0.3 is 7.32 Å². The van der Waals surface area contributed by atoms with E-state index in [-0.39, 0.29) is 0 Å². The molecule has 2 aliphatic rings. The summed E-state index contributed by atoms with van der Waals surface area (Å²) in [7, 11) is -0.498. The fourth-order valence-corrected chi connectivity index (χ4v) is 2.40. The van der Waals surface area contributed by atoms with Gasteiger partial charge in [0.25, 0.3) is 0 Å². The molecule has 4 heteroatoms. The lowest BCUT2D eigenvalue weighted by molar-refractivity contribution is 0.123. The molecule has 15 heavy (non-hydrogen) atoms. The number of hydrogen-bond donors (Lipinski definition) is 0. The lowest BCUT2D eigenvalue weighted by Crippen LogP contribution is -2.27. The van der Waals surface area contributed by atoms with Crippen LogP contribution < -0.4 is 0 Å². The quantitative estimate of drug-likeness (QED) is 0.630. The van der Waals surface area contributed by atoms with Crippen molar-refractivity contribution >= 4 is 7.32 Å². The fraction of sp³-hybridized carbons (Fsp3) is 0.818. The van der Waals surface area contributed by atoms with E-state index in [2.05, 4.69) is 0 Å². The van der Waals surface area contributed by atoms with Crippen LogP contribution >= 0.6 is 0 Å². The lowest BCUT2D eigenvalue weighted by Gasteiger charge is -2.18. The van der Waals surface area contributed by atoms with Crippen LogP contribution in [0.1, 0.15) is 39.5 Å². The molecule has 0 heterocycles. The molecule has 1 saturated carbocycles. The predicted octanol–water partition coefficient (Wildman–Crippen LogP) is 2.52. The molecule has 2 aliphatic carbocycles. The molecular formula is C11H19BO3. The standard InChI is InChI=1S/C11H19BO3/c1-3-13-12(14-4-2)15-11-8-9-5-6-10(11)7-9/h9H,3-8H2,1-2H3. The van der Waals surface area contributed by atoms with Crippen LogP contribution in [-0.2, 0) is 14.0 Å². The SMILES string of the molecule is CCOB(OCC)OC1=C2CCC(C2)C1. The van der Waals surface area contributed by atoms with Crippen molar-refractivity contribution in [2.45, 2.75) is 39.5 Å². The molecule has 0 radical (unpaired) electrons. The highest BCUT2D eigenvalue weighted by atomic mass is 16.7. The Morgan fingerprint density at radius 1 is 1.20 bits per heavy atom. The van der Waals surface area contributed by atoms with Crippen molar-refractivity contribution in [1.82, 2.24) is 0 Å². The first-order valence-corrected chi connectivity index (χ1v) is 5.94. The van der Waals surface area contributed by atoms with Gasteiger partial charge in [0.2, 0.25) is 0 Å². The number of hydrogen-bond acceptors (Lipinski definition) is 3. The summed E-state index contributed by atoms with van der Waals surface area (Å²) in [5.41, 5.74) is 1.49. The molecule has 0 aromatic rings. The van der Waals surface area contributed by atoms with Crippen LogP contribution in [0.5, 0.6) is 0 Å². The lowest BCUT2D eigenvalue weighted by atomic mass is 10.0. The minimum absolute atomic E-state index is 0.498. The highest BCUT2D eigenvalue weighted by Gasteiger charge is 2.34. The van der Waals surface area contributed by atoms with E-state index in [4.69, 9.17) is 14.0 Å². The summed E-state index contributed by atoms with van der Waals surface area (Å²) in [5, 5.41) is 0. The van der Waals surface area contributed by atoms with Gasteiger partial charge in [0, 0.05) is 19.6 Å². The van der Waals surface area contributed by atoms with Crippen LogP contribution in [0, 0.1) is 5.92 Å². The molecule has 0 aliphatic heterocycles. The topological polar surface area (TPSA) is 27.7 Å². The van der Waals surface area contributed by atoms with Gasteiger partial charge < -0.3 is 14.0 Å². The van der Waals surface area contributed by atoms with Crippen LogP contribution in [0.15, 0.2) is 11.3 Å². The van der Waals surface area contributed by atoms with E-state index in [0.29, 0.717) is 13.2 Å². The minimum Gasteiger partial charge on any atom is -0.515 e. The number of allylic oxidation sites excluding steroid dienone is 2. The summed E-state index contributed by atoms with van der Waals surface area (Å²) >= 11 is 0. The Morgan fingerprint density at radius 2 is 1.93 bits per heavy atom. The highest BCUT2D eigenvalue weighted by Crippen LogP contribution is 2.44. The van der Waals surface area contributed by atoms with Crippen molar-refractivity contribution in [3.05, 3.63) is 11.3 Å². The van der Waals surface area contributed by atoms with E-state index < -0.39 is 7.32 Å². The summed E-state index contributed by atoms with van der Waals surface area (Å²) in [5.74, 6) is 1.97. The van der Waals surface area contributed by atoms with E-state index in [9.17, 15) is 0 Å². The Morgan fingerprint density at radius 3 is 2.40 bits per heavy atom. The molecule has 84 valence electrons. The van der Waals surface area contributed by atoms with Gasteiger partial charge in [-0.3, -0.25) is 0 Å². The Bertz CT molecular complexity index is 246. The van der Waals surface area contributed by atoms with Gasteiger partial charge in [-0.15, -0.1) is 0 Å². The Hall–Kier alpha value is -0.475. The number of rotatable bonds is 6. The summed E-state index contributed by atoms with van der Waals surface area (Å²) in [4.78, 5) is 0. The molecule has 3 nitrogen and oxygen atoms in total. The third kappa shape index (κ3) is 2.55. The molecule has 1 unspecified atom stereocenters. The molecule has 0 saturated heterocycles. The van der Waals surface area contributed by atoms with Gasteiger partial charge in [-0.05, 0) is 44.6 Å². The van der Waals surface area contributed by atoms with E-state index in [1.165, 1.54) is 24.8 Å². The van der Waals surface area contributed by atoms with E-state index in [1.807, 2.05) is 13.8 Å². The third-order valence-corrected chi connectivity index (χ3v) is 3.10. The first-order chi connectivity index (χ1) is 7.33. The monoisotopic (exact) mass is 210 g/mol. The summed E-state index contributed by atoms with van der Waals surface area (Å²) in [6.45, 7) is 5.15. The Kier molecular flexibility index (Phi) is 3.70.